The van der Waals surface area contributed by atoms with E-state index in [4.69, 9.17) is 0 Å². The highest BCUT2D eigenvalue weighted by atomic mass is 32.2. The molecule has 3 aromatic rings. The number of ether oxygens (including phenoxy) is 1. The van der Waals surface area contributed by atoms with Gasteiger partial charge in [0.1, 0.15) is 11.9 Å². The van der Waals surface area contributed by atoms with Crippen molar-refractivity contribution in [2.24, 2.45) is 0 Å². The van der Waals surface area contributed by atoms with E-state index in [2.05, 4.69) is 4.74 Å². The van der Waals surface area contributed by atoms with Crippen molar-refractivity contribution in [2.45, 2.75) is 23.9 Å². The minimum atomic E-state index is -4.25. The molecule has 176 valence electrons. The number of thiophene rings is 1. The number of methoxy groups -OCH3 is 1. The zero-order valence-corrected chi connectivity index (χ0v) is 19.5. The van der Waals surface area contributed by atoms with Gasteiger partial charge in [0, 0.05) is 11.4 Å². The lowest BCUT2D eigenvalue weighted by molar-refractivity contribution is -0.122. The fourth-order valence-corrected chi connectivity index (χ4v) is 5.98. The zero-order chi connectivity index (χ0) is 24.5. The van der Waals surface area contributed by atoms with Crippen LogP contribution in [0.1, 0.15) is 21.7 Å². The van der Waals surface area contributed by atoms with Crippen LogP contribution < -0.4 is 4.90 Å². The topological polar surface area (TPSA) is 101 Å². The number of carbonyl (C=O) groups excluding carboxylic acids is 3. The first-order valence-corrected chi connectivity index (χ1v) is 12.4. The first-order chi connectivity index (χ1) is 16.2. The number of nitrogens with zero attached hydrogens (tertiary/aromatic N) is 2. The summed E-state index contributed by atoms with van der Waals surface area (Å²) in [5.41, 5.74) is 0.445. The number of anilines is 1. The molecule has 0 bridgehead atoms. The van der Waals surface area contributed by atoms with E-state index in [-0.39, 0.29) is 29.1 Å². The average Bonchev–Trinajstić information content (AvgIpc) is 3.44. The highest BCUT2D eigenvalue weighted by Crippen LogP contribution is 2.31. The molecule has 0 saturated carbocycles. The largest absolute Gasteiger partial charge is 0.465 e. The number of halogens is 1. The SMILES string of the molecule is COC(=O)c1ccc(N2C(=O)CC(N(Cc3cccs3)S(=O)(=O)c3ccc(F)cc3)C2=O)cc1. The molecule has 0 spiro atoms. The smallest absolute Gasteiger partial charge is 0.337 e. The Labute approximate surface area is 199 Å². The summed E-state index contributed by atoms with van der Waals surface area (Å²) in [6.45, 7) is -0.129. The number of carbonyl (C=O) groups is 3. The van der Waals surface area contributed by atoms with E-state index >= 15 is 0 Å². The van der Waals surface area contributed by atoms with Crippen LogP contribution in [-0.4, -0.2) is 43.7 Å². The van der Waals surface area contributed by atoms with Gasteiger partial charge in [-0.2, -0.15) is 4.31 Å². The Kier molecular flexibility index (Phi) is 6.60. The van der Waals surface area contributed by atoms with Crippen molar-refractivity contribution < 1.29 is 31.9 Å². The lowest BCUT2D eigenvalue weighted by atomic mass is 10.2. The van der Waals surface area contributed by atoms with Crippen LogP contribution in [0.3, 0.4) is 0 Å². The Bertz CT molecular complexity index is 1320. The second-order valence-corrected chi connectivity index (χ2v) is 10.3. The second-order valence-electron chi connectivity index (χ2n) is 7.41. The summed E-state index contributed by atoms with van der Waals surface area (Å²) in [6, 6.07) is 12.1. The maximum atomic E-state index is 13.5. The van der Waals surface area contributed by atoms with E-state index in [0.29, 0.717) is 4.88 Å². The second kappa shape index (κ2) is 9.45. The molecule has 1 aliphatic rings. The zero-order valence-electron chi connectivity index (χ0n) is 17.9. The van der Waals surface area contributed by atoms with Crippen LogP contribution in [0.2, 0.25) is 0 Å². The van der Waals surface area contributed by atoms with Gasteiger partial charge in [-0.3, -0.25) is 9.59 Å². The number of benzene rings is 2. The Hall–Kier alpha value is -3.41. The van der Waals surface area contributed by atoms with Gasteiger partial charge < -0.3 is 4.74 Å². The van der Waals surface area contributed by atoms with E-state index in [1.807, 2.05) is 0 Å². The van der Waals surface area contributed by atoms with Crippen LogP contribution in [0.4, 0.5) is 10.1 Å². The van der Waals surface area contributed by atoms with Gasteiger partial charge in [0.2, 0.25) is 15.9 Å². The van der Waals surface area contributed by atoms with Gasteiger partial charge in [-0.05, 0) is 60.0 Å². The Morgan fingerprint density at radius 1 is 1.12 bits per heavy atom. The van der Waals surface area contributed by atoms with Crippen molar-refractivity contribution in [3.05, 3.63) is 82.3 Å². The highest BCUT2D eigenvalue weighted by molar-refractivity contribution is 7.89. The van der Waals surface area contributed by atoms with Crippen molar-refractivity contribution in [2.75, 3.05) is 12.0 Å². The van der Waals surface area contributed by atoms with Gasteiger partial charge in [0.15, 0.2) is 0 Å². The summed E-state index contributed by atoms with van der Waals surface area (Å²) < 4.78 is 46.0. The van der Waals surface area contributed by atoms with Gasteiger partial charge in [-0.15, -0.1) is 11.3 Å². The Balaban J connectivity index is 1.69. The Morgan fingerprint density at radius 3 is 2.38 bits per heavy atom. The summed E-state index contributed by atoms with van der Waals surface area (Å²) >= 11 is 1.31. The number of rotatable bonds is 7. The number of hydrogen-bond acceptors (Lipinski definition) is 7. The molecule has 1 aliphatic heterocycles. The van der Waals surface area contributed by atoms with Gasteiger partial charge >= 0.3 is 5.97 Å². The van der Waals surface area contributed by atoms with Crippen LogP contribution >= 0.6 is 11.3 Å². The molecule has 11 heteroatoms. The van der Waals surface area contributed by atoms with Crippen LogP contribution in [0.5, 0.6) is 0 Å². The minimum absolute atomic E-state index is 0.129. The fraction of sp³-hybridized carbons (Fsp3) is 0.174. The Morgan fingerprint density at radius 2 is 1.79 bits per heavy atom. The lowest BCUT2D eigenvalue weighted by Crippen LogP contribution is -2.44. The molecule has 1 unspecified atom stereocenters. The normalized spacial score (nSPS) is 16.3. The summed E-state index contributed by atoms with van der Waals surface area (Å²) in [7, 11) is -3.01. The highest BCUT2D eigenvalue weighted by Gasteiger charge is 2.47. The first kappa shape index (κ1) is 23.7. The third kappa shape index (κ3) is 4.49. The predicted octanol–water partition coefficient (Wildman–Crippen LogP) is 3.20. The van der Waals surface area contributed by atoms with Crippen molar-refractivity contribution >= 4 is 44.8 Å². The van der Waals surface area contributed by atoms with Gasteiger partial charge in [0.05, 0.1) is 29.7 Å². The van der Waals surface area contributed by atoms with E-state index in [1.54, 1.807) is 17.5 Å². The van der Waals surface area contributed by atoms with Gasteiger partial charge in [0.25, 0.3) is 5.91 Å². The molecule has 1 fully saturated rings. The first-order valence-electron chi connectivity index (χ1n) is 10.1. The molecule has 1 aromatic heterocycles. The molecule has 1 saturated heterocycles. The van der Waals surface area contributed by atoms with Crippen molar-refractivity contribution in [1.29, 1.82) is 0 Å². The quantitative estimate of drug-likeness (QED) is 0.363. The molecular weight excluding hydrogens is 483 g/mol. The molecule has 0 aliphatic carbocycles. The molecule has 4 rings (SSSR count). The van der Waals surface area contributed by atoms with Crippen molar-refractivity contribution in [1.82, 2.24) is 4.31 Å². The molecule has 34 heavy (non-hydrogen) atoms. The average molecular weight is 503 g/mol. The van der Waals surface area contributed by atoms with Gasteiger partial charge in [-0.1, -0.05) is 6.07 Å². The molecule has 2 amide bonds. The van der Waals surface area contributed by atoms with Crippen LogP contribution in [0.25, 0.3) is 0 Å². The number of amides is 2. The minimum Gasteiger partial charge on any atom is -0.465 e. The summed E-state index contributed by atoms with van der Waals surface area (Å²) in [5.74, 6) is -2.46. The maximum Gasteiger partial charge on any atom is 0.337 e. The fourth-order valence-electron chi connectivity index (χ4n) is 3.64. The van der Waals surface area contributed by atoms with E-state index < -0.39 is 39.7 Å². The van der Waals surface area contributed by atoms with E-state index in [1.165, 1.54) is 42.7 Å². The van der Waals surface area contributed by atoms with E-state index in [9.17, 15) is 27.2 Å². The van der Waals surface area contributed by atoms with Crippen LogP contribution in [0, 0.1) is 5.82 Å². The summed E-state index contributed by atoms with van der Waals surface area (Å²) in [5, 5.41) is 1.77. The van der Waals surface area contributed by atoms with Crippen molar-refractivity contribution in [3.8, 4) is 0 Å². The standard InChI is InChI=1S/C23H19FN2O6S2/c1-32-23(29)15-4-8-17(9-5-15)26-21(27)13-20(22(26)28)25(14-18-3-2-12-33-18)34(30,31)19-10-6-16(24)7-11-19/h2-12,20H,13-14H2,1H3. The molecule has 0 radical (unpaired) electrons. The van der Waals surface area contributed by atoms with Gasteiger partial charge in [-0.25, -0.2) is 22.5 Å². The molecule has 1 atom stereocenters. The van der Waals surface area contributed by atoms with Crippen molar-refractivity contribution in [3.63, 3.8) is 0 Å². The van der Waals surface area contributed by atoms with Crippen LogP contribution in [-0.2, 0) is 30.9 Å². The molecule has 8 nitrogen and oxygen atoms in total. The molecule has 0 N–H and O–H groups in total. The molecule has 2 aromatic carbocycles. The number of esters is 1. The number of hydrogen-bond donors (Lipinski definition) is 0. The summed E-state index contributed by atoms with van der Waals surface area (Å²) in [6.07, 6.45) is -0.358. The summed E-state index contributed by atoms with van der Waals surface area (Å²) in [4.78, 5) is 39.2. The monoisotopic (exact) mass is 502 g/mol. The third-order valence-corrected chi connectivity index (χ3v) is 8.06. The van der Waals surface area contributed by atoms with Crippen LogP contribution in [0.15, 0.2) is 70.9 Å². The maximum absolute atomic E-state index is 13.5. The molecular formula is C23H19FN2O6S2. The predicted molar refractivity (Wildman–Crippen MR) is 122 cm³/mol. The number of imide groups is 1. The number of sulfonamides is 1. The third-order valence-electron chi connectivity index (χ3n) is 5.33. The van der Waals surface area contributed by atoms with E-state index in [0.717, 1.165) is 33.5 Å². The lowest BCUT2D eigenvalue weighted by Gasteiger charge is -2.26. The molecule has 2 heterocycles.